The molecular formula is C18H18N4. The van der Waals surface area contributed by atoms with Crippen LogP contribution >= 0.6 is 0 Å². The Labute approximate surface area is 129 Å². The van der Waals surface area contributed by atoms with Crippen LogP contribution in [0, 0.1) is 20.8 Å². The van der Waals surface area contributed by atoms with Crippen LogP contribution in [0.3, 0.4) is 0 Å². The third kappa shape index (κ3) is 1.52. The fraction of sp³-hybridized carbons (Fsp3) is 0.222. The predicted molar refractivity (Wildman–Crippen MR) is 89.6 cm³/mol. The molecule has 0 amide bonds. The number of rotatable bonds is 1. The van der Waals surface area contributed by atoms with Crippen molar-refractivity contribution >= 4 is 21.9 Å². The average Bonchev–Trinajstić information content (AvgIpc) is 2.97. The fourth-order valence-electron chi connectivity index (χ4n) is 3.35. The molecule has 0 aliphatic rings. The van der Waals surface area contributed by atoms with E-state index in [2.05, 4.69) is 59.1 Å². The number of hydrogen-bond acceptors (Lipinski definition) is 2. The molecule has 22 heavy (non-hydrogen) atoms. The Kier molecular flexibility index (Phi) is 2.64. The highest BCUT2D eigenvalue weighted by Gasteiger charge is 2.19. The number of pyridine rings is 2. The van der Waals surface area contributed by atoms with E-state index >= 15 is 0 Å². The smallest absolute Gasteiger partial charge is 0.145 e. The monoisotopic (exact) mass is 290 g/mol. The number of hydrogen-bond donors (Lipinski definition) is 0. The van der Waals surface area contributed by atoms with Gasteiger partial charge in [-0.05, 0) is 44.5 Å². The van der Waals surface area contributed by atoms with Gasteiger partial charge in [-0.25, -0.2) is 4.98 Å². The largest absolute Gasteiger partial charge is 0.350 e. The lowest BCUT2D eigenvalue weighted by Gasteiger charge is -2.08. The topological polar surface area (TPSA) is 35.6 Å². The first-order valence-corrected chi connectivity index (χ1v) is 7.43. The van der Waals surface area contributed by atoms with E-state index in [1.54, 1.807) is 0 Å². The molecule has 0 atom stereocenters. The van der Waals surface area contributed by atoms with Gasteiger partial charge in [0.15, 0.2) is 0 Å². The fourth-order valence-corrected chi connectivity index (χ4v) is 3.35. The number of fused-ring (bicyclic) bond motifs is 3. The van der Waals surface area contributed by atoms with Gasteiger partial charge in [0, 0.05) is 47.8 Å². The van der Waals surface area contributed by atoms with Crippen molar-refractivity contribution in [1.29, 1.82) is 0 Å². The summed E-state index contributed by atoms with van der Waals surface area (Å²) in [6, 6.07) is 6.16. The quantitative estimate of drug-likeness (QED) is 0.534. The molecule has 0 radical (unpaired) electrons. The molecule has 0 aliphatic heterocycles. The van der Waals surface area contributed by atoms with Crippen LogP contribution in [-0.2, 0) is 7.05 Å². The van der Waals surface area contributed by atoms with Crippen molar-refractivity contribution < 1.29 is 0 Å². The molecule has 0 N–H and O–H groups in total. The van der Waals surface area contributed by atoms with E-state index in [0.29, 0.717) is 0 Å². The summed E-state index contributed by atoms with van der Waals surface area (Å²) in [5, 5.41) is 2.29. The summed E-state index contributed by atoms with van der Waals surface area (Å²) in [6.07, 6.45) is 5.63. The van der Waals surface area contributed by atoms with Crippen LogP contribution in [0.5, 0.6) is 0 Å². The van der Waals surface area contributed by atoms with Gasteiger partial charge in [-0.2, -0.15) is 0 Å². The van der Waals surface area contributed by atoms with Gasteiger partial charge in [0.2, 0.25) is 0 Å². The van der Waals surface area contributed by atoms with Gasteiger partial charge in [-0.3, -0.25) is 9.55 Å². The summed E-state index contributed by atoms with van der Waals surface area (Å²) in [6.45, 7) is 6.51. The van der Waals surface area contributed by atoms with Gasteiger partial charge in [0.05, 0.1) is 11.2 Å². The van der Waals surface area contributed by atoms with E-state index in [9.17, 15) is 0 Å². The third-order valence-electron chi connectivity index (χ3n) is 4.80. The average molecular weight is 290 g/mol. The molecule has 4 heteroatoms. The van der Waals surface area contributed by atoms with Crippen LogP contribution in [0.15, 0.2) is 36.8 Å². The Morgan fingerprint density at radius 3 is 2.50 bits per heavy atom. The van der Waals surface area contributed by atoms with Crippen molar-refractivity contribution in [1.82, 2.24) is 19.1 Å². The molecule has 4 aromatic rings. The number of nitrogens with zero attached hydrogens (tertiary/aromatic N) is 4. The van der Waals surface area contributed by atoms with Gasteiger partial charge in [-0.15, -0.1) is 0 Å². The van der Waals surface area contributed by atoms with E-state index < -0.39 is 0 Å². The molecule has 0 unspecified atom stereocenters. The van der Waals surface area contributed by atoms with Crippen molar-refractivity contribution in [3.63, 3.8) is 0 Å². The zero-order chi connectivity index (χ0) is 15.4. The van der Waals surface area contributed by atoms with Gasteiger partial charge in [-0.1, -0.05) is 0 Å². The highest BCUT2D eigenvalue weighted by atomic mass is 15.1. The van der Waals surface area contributed by atoms with Crippen molar-refractivity contribution in [3.8, 4) is 5.69 Å². The summed E-state index contributed by atoms with van der Waals surface area (Å²) in [7, 11) is 2.12. The highest BCUT2D eigenvalue weighted by Crippen LogP contribution is 2.34. The molecular weight excluding hydrogens is 272 g/mol. The molecule has 4 nitrogen and oxygen atoms in total. The number of aromatic nitrogens is 4. The summed E-state index contributed by atoms with van der Waals surface area (Å²) in [4.78, 5) is 8.93. The molecule has 0 bridgehead atoms. The second-order valence-electron chi connectivity index (χ2n) is 5.81. The van der Waals surface area contributed by atoms with Crippen molar-refractivity contribution in [3.05, 3.63) is 53.7 Å². The summed E-state index contributed by atoms with van der Waals surface area (Å²) < 4.78 is 4.51. The zero-order valence-corrected chi connectivity index (χ0v) is 13.3. The lowest BCUT2D eigenvalue weighted by molar-refractivity contribution is 0.837. The first kappa shape index (κ1) is 13.1. The Bertz CT molecular complexity index is 942. The van der Waals surface area contributed by atoms with Crippen molar-refractivity contribution in [2.45, 2.75) is 20.8 Å². The molecule has 0 aromatic carbocycles. The summed E-state index contributed by atoms with van der Waals surface area (Å²) in [5.41, 5.74) is 7.19. The molecule has 0 spiro atoms. The minimum Gasteiger partial charge on any atom is -0.350 e. The van der Waals surface area contributed by atoms with Gasteiger partial charge >= 0.3 is 0 Å². The molecule has 4 heterocycles. The molecule has 110 valence electrons. The molecule has 4 rings (SSSR count). The Morgan fingerprint density at radius 1 is 0.955 bits per heavy atom. The van der Waals surface area contributed by atoms with Crippen LogP contribution in [-0.4, -0.2) is 19.1 Å². The Morgan fingerprint density at radius 2 is 1.77 bits per heavy atom. The second kappa shape index (κ2) is 4.44. The van der Waals surface area contributed by atoms with E-state index in [1.165, 1.54) is 22.6 Å². The van der Waals surface area contributed by atoms with Crippen molar-refractivity contribution in [2.24, 2.45) is 7.05 Å². The molecule has 0 saturated carbocycles. The first-order chi connectivity index (χ1) is 10.6. The van der Waals surface area contributed by atoms with Crippen molar-refractivity contribution in [2.75, 3.05) is 0 Å². The first-order valence-electron chi connectivity index (χ1n) is 7.43. The minimum absolute atomic E-state index is 0.988. The van der Waals surface area contributed by atoms with Gasteiger partial charge in [0.25, 0.3) is 0 Å². The summed E-state index contributed by atoms with van der Waals surface area (Å²) >= 11 is 0. The van der Waals surface area contributed by atoms with Gasteiger partial charge < -0.3 is 4.57 Å². The van der Waals surface area contributed by atoms with Gasteiger partial charge in [0.1, 0.15) is 5.65 Å². The lowest BCUT2D eigenvalue weighted by Crippen LogP contribution is -1.99. The molecule has 4 aromatic heterocycles. The minimum atomic E-state index is 0.988. The molecule has 0 saturated heterocycles. The van der Waals surface area contributed by atoms with E-state index in [1.807, 2.05) is 24.7 Å². The van der Waals surface area contributed by atoms with Crippen LogP contribution < -0.4 is 0 Å². The lowest BCUT2D eigenvalue weighted by atomic mass is 10.2. The zero-order valence-electron chi connectivity index (χ0n) is 13.3. The van der Waals surface area contributed by atoms with E-state index in [0.717, 1.165) is 21.9 Å². The maximum absolute atomic E-state index is 4.64. The van der Waals surface area contributed by atoms with Crippen LogP contribution in [0.25, 0.3) is 27.6 Å². The van der Waals surface area contributed by atoms with E-state index in [-0.39, 0.29) is 0 Å². The maximum atomic E-state index is 4.64. The van der Waals surface area contributed by atoms with Crippen LogP contribution in [0.1, 0.15) is 17.0 Å². The second-order valence-corrected chi connectivity index (χ2v) is 5.81. The normalized spacial score (nSPS) is 11.6. The SMILES string of the molecule is Cc1c(-n2c3ccncc3c3cccnc32)c(C)n(C)c1C. The Balaban J connectivity index is 2.26. The summed E-state index contributed by atoms with van der Waals surface area (Å²) in [5.74, 6) is 0. The van der Waals surface area contributed by atoms with Crippen LogP contribution in [0.4, 0.5) is 0 Å². The third-order valence-corrected chi connectivity index (χ3v) is 4.80. The standard InChI is InChI=1S/C18H18N4/c1-11-12(2)21(4)13(3)17(11)22-16-7-9-19-10-15(16)14-6-5-8-20-18(14)22/h5-10H,1-4H3. The Hall–Kier alpha value is -2.62. The van der Waals surface area contributed by atoms with Crippen LogP contribution in [0.2, 0.25) is 0 Å². The maximum Gasteiger partial charge on any atom is 0.145 e. The molecule has 0 aliphatic carbocycles. The highest BCUT2D eigenvalue weighted by molar-refractivity contribution is 6.07. The van der Waals surface area contributed by atoms with E-state index in [4.69, 9.17) is 0 Å². The molecule has 0 fully saturated rings. The predicted octanol–water partition coefficient (Wildman–Crippen LogP) is 3.84.